The minimum atomic E-state index is -3.17. The molecule has 2 N–H and O–H groups in total. The van der Waals surface area contributed by atoms with Gasteiger partial charge >= 0.3 is 0 Å². The Morgan fingerprint density at radius 2 is 1.40 bits per heavy atom. The number of carbonyl (C=O) groups is 1. The van der Waals surface area contributed by atoms with Crippen LogP contribution in [0, 0.1) is 11.8 Å². The molecule has 0 radical (unpaired) electrons. The first-order valence-corrected chi connectivity index (χ1v) is 13.6. The molecule has 3 aromatic carbocycles. The summed E-state index contributed by atoms with van der Waals surface area (Å²) in [6.45, 7) is 0.402. The fourth-order valence-electron chi connectivity index (χ4n) is 4.54. The van der Waals surface area contributed by atoms with Gasteiger partial charge in [-0.05, 0) is 54.3 Å². The molecule has 6 heteroatoms. The number of carbonyl (C=O) groups excluding carboxylic acids is 1. The number of amides is 1. The van der Waals surface area contributed by atoms with Crippen LogP contribution in [0.5, 0.6) is 0 Å². The van der Waals surface area contributed by atoms with Crippen molar-refractivity contribution in [1.82, 2.24) is 15.4 Å². The number of rotatable bonds is 9. The van der Waals surface area contributed by atoms with Gasteiger partial charge in [-0.25, -0.2) is 0 Å². The molecule has 0 saturated heterocycles. The second-order valence-electron chi connectivity index (χ2n) is 8.84. The number of nitrogens with zero attached hydrogens (tertiary/aromatic N) is 1. The molecule has 5 rings (SSSR count). The summed E-state index contributed by atoms with van der Waals surface area (Å²) in [5, 5.41) is 8.10. The lowest BCUT2D eigenvalue weighted by molar-refractivity contribution is -0.122. The lowest BCUT2D eigenvalue weighted by atomic mass is 10.0. The van der Waals surface area contributed by atoms with Crippen LogP contribution in [0.3, 0.4) is 0 Å². The van der Waals surface area contributed by atoms with Crippen molar-refractivity contribution in [2.45, 2.75) is 19.0 Å². The molecule has 0 unspecified atom stereocenters. The fraction of sp³-hybridized carbons (Fsp3) is 0.172. The first-order chi connectivity index (χ1) is 17.1. The van der Waals surface area contributed by atoms with Crippen molar-refractivity contribution in [3.8, 4) is 0 Å². The Morgan fingerprint density at radius 1 is 0.829 bits per heavy atom. The van der Waals surface area contributed by atoms with Gasteiger partial charge in [0.25, 0.3) is 0 Å². The van der Waals surface area contributed by atoms with Crippen LogP contribution in [0.25, 0.3) is 0 Å². The molecule has 35 heavy (non-hydrogen) atoms. The van der Waals surface area contributed by atoms with Gasteiger partial charge < -0.3 is 5.32 Å². The Hall–Kier alpha value is -3.53. The summed E-state index contributed by atoms with van der Waals surface area (Å²) >= 11 is 0. The zero-order valence-electron chi connectivity index (χ0n) is 19.3. The van der Waals surface area contributed by atoms with Crippen LogP contribution in [0.4, 0.5) is 0 Å². The Morgan fingerprint density at radius 3 is 1.97 bits per heavy atom. The van der Waals surface area contributed by atoms with Crippen molar-refractivity contribution in [3.05, 3.63) is 127 Å². The van der Waals surface area contributed by atoms with Gasteiger partial charge in [0, 0.05) is 28.8 Å². The van der Waals surface area contributed by atoms with Gasteiger partial charge in [-0.3, -0.25) is 19.4 Å². The highest BCUT2D eigenvalue weighted by Crippen LogP contribution is 2.52. The Labute approximate surface area is 206 Å². The average molecular weight is 482 g/mol. The van der Waals surface area contributed by atoms with Gasteiger partial charge in [0.05, 0.1) is 12.2 Å². The van der Waals surface area contributed by atoms with E-state index in [4.69, 9.17) is 0 Å². The van der Waals surface area contributed by atoms with Crippen LogP contribution >= 0.6 is 7.29 Å². The minimum absolute atomic E-state index is 0.0117. The van der Waals surface area contributed by atoms with Crippen molar-refractivity contribution in [2.24, 2.45) is 11.8 Å². The Bertz CT molecular complexity index is 1260. The molecule has 1 heterocycles. The van der Waals surface area contributed by atoms with Gasteiger partial charge in [-0.2, -0.15) is 0 Å². The van der Waals surface area contributed by atoms with Crippen molar-refractivity contribution >= 4 is 23.8 Å². The second-order valence-corrected chi connectivity index (χ2v) is 11.4. The normalized spacial score (nSPS) is 17.9. The molecule has 1 saturated carbocycles. The standard InChI is InChI=1S/C29H28N3O2P/c33-29(31-21-23-14-10-11-19-30-23)27-20-26(27)28(22-12-4-1-5-13-22)32-35(34,24-15-6-2-7-16-24)25-17-8-3-9-18-25/h1-19,26-28H,20-21H2,(H,31,33)(H,32,34)/t26-,27-,28+/m0/s1. The largest absolute Gasteiger partial charge is 0.350 e. The SMILES string of the molecule is O=C(NCc1ccccn1)[C@H]1C[C@@H]1[C@H](NP(=O)(c1ccccc1)c1ccccc1)c1ccccc1. The summed E-state index contributed by atoms with van der Waals surface area (Å²) in [7, 11) is -3.17. The molecule has 0 spiro atoms. The summed E-state index contributed by atoms with van der Waals surface area (Å²) in [6, 6.07) is 34.6. The van der Waals surface area contributed by atoms with E-state index in [1.54, 1.807) is 6.20 Å². The van der Waals surface area contributed by atoms with E-state index < -0.39 is 7.29 Å². The predicted molar refractivity (Wildman–Crippen MR) is 140 cm³/mol. The van der Waals surface area contributed by atoms with E-state index in [0.717, 1.165) is 28.3 Å². The molecule has 0 aliphatic heterocycles. The fourth-order valence-corrected chi connectivity index (χ4v) is 7.06. The van der Waals surface area contributed by atoms with Crippen LogP contribution in [-0.2, 0) is 15.9 Å². The van der Waals surface area contributed by atoms with Gasteiger partial charge in [0.1, 0.15) is 0 Å². The molecular formula is C29H28N3O2P. The minimum Gasteiger partial charge on any atom is -0.350 e. The van der Waals surface area contributed by atoms with Crippen LogP contribution in [0.15, 0.2) is 115 Å². The van der Waals surface area contributed by atoms with Crippen LogP contribution in [0.1, 0.15) is 23.7 Å². The molecule has 1 fully saturated rings. The van der Waals surface area contributed by atoms with Crippen LogP contribution < -0.4 is 21.0 Å². The quantitative estimate of drug-likeness (QED) is 0.343. The van der Waals surface area contributed by atoms with E-state index in [0.29, 0.717) is 6.54 Å². The lowest BCUT2D eigenvalue weighted by Crippen LogP contribution is -2.33. The number of aromatic nitrogens is 1. The van der Waals surface area contributed by atoms with Gasteiger partial charge in [0.2, 0.25) is 13.2 Å². The highest BCUT2D eigenvalue weighted by atomic mass is 31.2. The third-order valence-corrected chi connectivity index (χ3v) is 9.19. The molecule has 1 aliphatic carbocycles. The van der Waals surface area contributed by atoms with Crippen LogP contribution in [0.2, 0.25) is 0 Å². The topological polar surface area (TPSA) is 71.1 Å². The highest BCUT2D eigenvalue weighted by Gasteiger charge is 2.50. The second kappa shape index (κ2) is 10.4. The molecule has 1 aliphatic rings. The number of benzene rings is 3. The molecule has 1 aromatic heterocycles. The van der Waals surface area contributed by atoms with Crippen LogP contribution in [-0.4, -0.2) is 10.9 Å². The molecule has 3 atom stereocenters. The maximum Gasteiger partial charge on any atom is 0.223 e. The molecule has 176 valence electrons. The zero-order chi connectivity index (χ0) is 24.1. The maximum absolute atomic E-state index is 14.7. The van der Waals surface area contributed by atoms with Gasteiger partial charge in [-0.1, -0.05) is 72.8 Å². The Kier molecular flexibility index (Phi) is 6.89. The van der Waals surface area contributed by atoms with Crippen molar-refractivity contribution < 1.29 is 9.36 Å². The number of nitrogens with one attached hydrogen (secondary N) is 2. The molecule has 4 aromatic rings. The van der Waals surface area contributed by atoms with E-state index in [2.05, 4.69) is 15.4 Å². The van der Waals surface area contributed by atoms with Crippen molar-refractivity contribution in [1.29, 1.82) is 0 Å². The van der Waals surface area contributed by atoms with Crippen molar-refractivity contribution in [3.63, 3.8) is 0 Å². The van der Waals surface area contributed by atoms with E-state index in [-0.39, 0.29) is 23.8 Å². The summed E-state index contributed by atoms with van der Waals surface area (Å²) < 4.78 is 14.7. The number of hydrogen-bond donors (Lipinski definition) is 2. The zero-order valence-corrected chi connectivity index (χ0v) is 20.2. The number of pyridine rings is 1. The molecule has 1 amide bonds. The molecular weight excluding hydrogens is 453 g/mol. The van der Waals surface area contributed by atoms with Gasteiger partial charge in [0.15, 0.2) is 0 Å². The average Bonchev–Trinajstić information content (AvgIpc) is 3.73. The predicted octanol–water partition coefficient (Wildman–Crippen LogP) is 4.59. The third-order valence-electron chi connectivity index (χ3n) is 6.49. The number of hydrogen-bond acceptors (Lipinski definition) is 3. The van der Waals surface area contributed by atoms with E-state index in [1.807, 2.05) is 109 Å². The third kappa shape index (κ3) is 5.27. The first kappa shape index (κ1) is 23.2. The van der Waals surface area contributed by atoms with Crippen molar-refractivity contribution in [2.75, 3.05) is 0 Å². The first-order valence-electron chi connectivity index (χ1n) is 11.9. The highest BCUT2D eigenvalue weighted by molar-refractivity contribution is 7.76. The monoisotopic (exact) mass is 481 g/mol. The van der Waals surface area contributed by atoms with E-state index >= 15 is 0 Å². The summed E-state index contributed by atoms with van der Waals surface area (Å²) in [4.78, 5) is 17.3. The summed E-state index contributed by atoms with van der Waals surface area (Å²) in [5.74, 6) is -0.0871. The van der Waals surface area contributed by atoms with E-state index in [9.17, 15) is 9.36 Å². The molecule has 0 bridgehead atoms. The lowest BCUT2D eigenvalue weighted by Gasteiger charge is -2.28. The maximum atomic E-state index is 14.7. The smallest absolute Gasteiger partial charge is 0.223 e. The van der Waals surface area contributed by atoms with Gasteiger partial charge in [-0.15, -0.1) is 0 Å². The summed E-state index contributed by atoms with van der Waals surface area (Å²) in [5.41, 5.74) is 1.86. The Balaban J connectivity index is 1.42. The summed E-state index contributed by atoms with van der Waals surface area (Å²) in [6.07, 6.45) is 2.46. The molecule has 5 nitrogen and oxygen atoms in total. The van der Waals surface area contributed by atoms with E-state index in [1.165, 1.54) is 0 Å².